The number of likely N-dealkylation sites (tertiary alicyclic amines) is 1. The lowest BCUT2D eigenvalue weighted by atomic mass is 9.72. The van der Waals surface area contributed by atoms with Gasteiger partial charge in [0.2, 0.25) is 0 Å². The highest BCUT2D eigenvalue weighted by molar-refractivity contribution is 6.33. The van der Waals surface area contributed by atoms with E-state index in [1.807, 2.05) is 19.9 Å². The van der Waals surface area contributed by atoms with E-state index in [1.54, 1.807) is 12.1 Å². The number of aryl methyl sites for hydroxylation is 1. The van der Waals surface area contributed by atoms with Gasteiger partial charge in [-0.25, -0.2) is 0 Å². The third-order valence-corrected chi connectivity index (χ3v) is 4.95. The summed E-state index contributed by atoms with van der Waals surface area (Å²) in [6, 6.07) is 5.20. The van der Waals surface area contributed by atoms with Crippen LogP contribution in [0.5, 0.6) is 0 Å². The van der Waals surface area contributed by atoms with E-state index in [1.165, 1.54) is 4.90 Å². The first-order valence-electron chi connectivity index (χ1n) is 7.78. The molecule has 0 aromatic heterocycles. The smallest absolute Gasteiger partial charge is 0.312 e. The van der Waals surface area contributed by atoms with E-state index in [4.69, 9.17) is 11.6 Å². The second kappa shape index (κ2) is 6.89. The van der Waals surface area contributed by atoms with Crippen LogP contribution in [0.25, 0.3) is 0 Å². The Kier molecular flexibility index (Phi) is 5.32. The monoisotopic (exact) mass is 339 g/mol. The molecule has 1 aromatic rings. The summed E-state index contributed by atoms with van der Waals surface area (Å²) in [5, 5.41) is 20.3. The predicted octanol–water partition coefficient (Wildman–Crippen LogP) is 2.73. The lowest BCUT2D eigenvalue weighted by Gasteiger charge is -2.42. The molecule has 0 unspecified atom stereocenters. The Morgan fingerprint density at radius 1 is 1.43 bits per heavy atom. The summed E-state index contributed by atoms with van der Waals surface area (Å²) in [5.41, 5.74) is 0.139. The molecular formula is C17H22ClNO4. The zero-order valence-electron chi connectivity index (χ0n) is 13.4. The van der Waals surface area contributed by atoms with Crippen LogP contribution < -0.4 is 0 Å². The maximum absolute atomic E-state index is 12.6. The number of piperidine rings is 1. The largest absolute Gasteiger partial charge is 0.481 e. The topological polar surface area (TPSA) is 77.8 Å². The predicted molar refractivity (Wildman–Crippen MR) is 87.7 cm³/mol. The van der Waals surface area contributed by atoms with Crippen LogP contribution >= 0.6 is 11.6 Å². The minimum absolute atomic E-state index is 0.00933. The number of hydrogen-bond donors (Lipinski definition) is 2. The van der Waals surface area contributed by atoms with Gasteiger partial charge in [0.15, 0.2) is 0 Å². The van der Waals surface area contributed by atoms with Crippen LogP contribution in [0.3, 0.4) is 0 Å². The third-order valence-electron chi connectivity index (χ3n) is 4.62. The number of carbonyl (C=O) groups excluding carboxylic acids is 1. The number of carboxylic acid groups (broad SMARTS) is 1. The standard InChI is InChI=1S/C17H22ClNO4/c1-3-6-17(16(22)23)7-8-19(10-14(17)20)15(21)12-9-11(2)4-5-13(12)18/h4-5,9,14,20H,3,6-8,10H2,1-2H3,(H,22,23)/t14-,17-/m0/s1. The van der Waals surface area contributed by atoms with Crippen molar-refractivity contribution < 1.29 is 19.8 Å². The lowest BCUT2D eigenvalue weighted by Crippen LogP contribution is -2.56. The van der Waals surface area contributed by atoms with Gasteiger partial charge in [0.05, 0.1) is 22.1 Å². The van der Waals surface area contributed by atoms with Crippen molar-refractivity contribution in [3.8, 4) is 0 Å². The number of benzene rings is 1. The van der Waals surface area contributed by atoms with Gasteiger partial charge >= 0.3 is 5.97 Å². The van der Waals surface area contributed by atoms with Gasteiger partial charge in [0.25, 0.3) is 5.91 Å². The lowest BCUT2D eigenvalue weighted by molar-refractivity contribution is -0.162. The van der Waals surface area contributed by atoms with Crippen molar-refractivity contribution in [2.24, 2.45) is 5.41 Å². The van der Waals surface area contributed by atoms with E-state index in [-0.39, 0.29) is 18.9 Å². The number of aliphatic hydroxyl groups is 1. The van der Waals surface area contributed by atoms with Gasteiger partial charge in [-0.1, -0.05) is 36.6 Å². The van der Waals surface area contributed by atoms with Crippen LogP contribution in [-0.2, 0) is 4.79 Å². The molecule has 2 atom stereocenters. The van der Waals surface area contributed by atoms with Gasteiger partial charge in [0, 0.05) is 13.1 Å². The van der Waals surface area contributed by atoms with Crippen molar-refractivity contribution >= 4 is 23.5 Å². The SMILES string of the molecule is CCC[C@]1(C(=O)O)CCN(C(=O)c2cc(C)ccc2Cl)C[C@@H]1O. The molecular weight excluding hydrogens is 318 g/mol. The number of halogens is 1. The Morgan fingerprint density at radius 3 is 2.70 bits per heavy atom. The summed E-state index contributed by atoms with van der Waals surface area (Å²) in [7, 11) is 0. The van der Waals surface area contributed by atoms with Gasteiger partial charge in [0.1, 0.15) is 0 Å². The Hall–Kier alpha value is -1.59. The van der Waals surface area contributed by atoms with Crippen molar-refractivity contribution in [2.45, 2.75) is 39.2 Å². The molecule has 5 nitrogen and oxygen atoms in total. The number of nitrogens with zero attached hydrogens (tertiary/aromatic N) is 1. The molecule has 1 aliphatic rings. The quantitative estimate of drug-likeness (QED) is 0.884. The highest BCUT2D eigenvalue weighted by Gasteiger charge is 2.48. The zero-order chi connectivity index (χ0) is 17.2. The third kappa shape index (κ3) is 3.35. The highest BCUT2D eigenvalue weighted by atomic mass is 35.5. The number of aliphatic hydroxyl groups excluding tert-OH is 1. The van der Waals surface area contributed by atoms with Crippen molar-refractivity contribution in [3.63, 3.8) is 0 Å². The molecule has 0 spiro atoms. The molecule has 2 N–H and O–H groups in total. The van der Waals surface area contributed by atoms with Crippen LogP contribution in [-0.4, -0.2) is 46.2 Å². The van der Waals surface area contributed by atoms with Crippen LogP contribution in [0, 0.1) is 12.3 Å². The maximum atomic E-state index is 12.6. The molecule has 0 aliphatic carbocycles. The molecule has 23 heavy (non-hydrogen) atoms. The summed E-state index contributed by atoms with van der Waals surface area (Å²) < 4.78 is 0. The van der Waals surface area contributed by atoms with Gasteiger partial charge in [-0.3, -0.25) is 9.59 Å². The molecule has 6 heteroatoms. The number of amides is 1. The molecule has 2 rings (SSSR count). The molecule has 1 amide bonds. The highest BCUT2D eigenvalue weighted by Crippen LogP contribution is 2.37. The van der Waals surface area contributed by atoms with Crippen LogP contribution in [0.4, 0.5) is 0 Å². The van der Waals surface area contributed by atoms with E-state index in [0.717, 1.165) is 5.56 Å². The maximum Gasteiger partial charge on any atom is 0.312 e. The van der Waals surface area contributed by atoms with Crippen molar-refractivity contribution in [1.29, 1.82) is 0 Å². The molecule has 0 saturated carbocycles. The summed E-state index contributed by atoms with van der Waals surface area (Å²) >= 11 is 6.10. The molecule has 126 valence electrons. The van der Waals surface area contributed by atoms with Gasteiger partial charge in [-0.05, 0) is 31.9 Å². The Labute approximate surface area is 140 Å². The van der Waals surface area contributed by atoms with Gasteiger partial charge in [-0.2, -0.15) is 0 Å². The minimum Gasteiger partial charge on any atom is -0.481 e. The Morgan fingerprint density at radius 2 is 2.13 bits per heavy atom. The van der Waals surface area contributed by atoms with Crippen LogP contribution in [0.2, 0.25) is 5.02 Å². The summed E-state index contributed by atoms with van der Waals surface area (Å²) in [6.07, 6.45) is 0.228. The fraction of sp³-hybridized carbons (Fsp3) is 0.529. The molecule has 0 radical (unpaired) electrons. The van der Waals surface area contributed by atoms with Gasteiger partial charge in [-0.15, -0.1) is 0 Å². The number of rotatable bonds is 4. The molecule has 0 bridgehead atoms. The zero-order valence-corrected chi connectivity index (χ0v) is 14.1. The van der Waals surface area contributed by atoms with E-state index >= 15 is 0 Å². The second-order valence-electron chi connectivity index (χ2n) is 6.21. The Bertz CT molecular complexity index is 619. The fourth-order valence-electron chi connectivity index (χ4n) is 3.23. The summed E-state index contributed by atoms with van der Waals surface area (Å²) in [6.45, 7) is 4.07. The molecule has 1 aliphatic heterocycles. The number of hydrogen-bond acceptors (Lipinski definition) is 3. The summed E-state index contributed by atoms with van der Waals surface area (Å²) in [4.78, 5) is 25.8. The van der Waals surface area contributed by atoms with E-state index in [9.17, 15) is 19.8 Å². The number of β-amino-alcohol motifs (C(OH)–C–C–N with tert-alkyl or cyclic N) is 1. The average molecular weight is 340 g/mol. The van der Waals surface area contributed by atoms with Crippen LogP contribution in [0.1, 0.15) is 42.1 Å². The van der Waals surface area contributed by atoms with Crippen LogP contribution in [0.15, 0.2) is 18.2 Å². The minimum atomic E-state index is -1.16. The van der Waals surface area contributed by atoms with Crippen molar-refractivity contribution in [2.75, 3.05) is 13.1 Å². The van der Waals surface area contributed by atoms with Gasteiger partial charge < -0.3 is 15.1 Å². The van der Waals surface area contributed by atoms with E-state index < -0.39 is 17.5 Å². The van der Waals surface area contributed by atoms with Crippen molar-refractivity contribution in [3.05, 3.63) is 34.3 Å². The number of aliphatic carboxylic acids is 1. The molecule has 1 aromatic carbocycles. The Balaban J connectivity index is 2.21. The first-order valence-corrected chi connectivity index (χ1v) is 8.16. The van der Waals surface area contributed by atoms with Crippen molar-refractivity contribution in [1.82, 2.24) is 4.90 Å². The van der Waals surface area contributed by atoms with E-state index in [0.29, 0.717) is 30.0 Å². The molecule has 1 heterocycles. The first kappa shape index (κ1) is 17.8. The average Bonchev–Trinajstić information content (AvgIpc) is 2.51. The number of carboxylic acids is 1. The second-order valence-corrected chi connectivity index (χ2v) is 6.62. The van der Waals surface area contributed by atoms with E-state index in [2.05, 4.69) is 0 Å². The number of carbonyl (C=O) groups is 2. The fourth-order valence-corrected chi connectivity index (χ4v) is 3.43. The first-order chi connectivity index (χ1) is 10.8. The molecule has 1 fully saturated rings. The molecule has 1 saturated heterocycles. The normalized spacial score (nSPS) is 24.5. The summed E-state index contributed by atoms with van der Waals surface area (Å²) in [5.74, 6) is -1.26.